The molecule has 100 valence electrons. The van der Waals surface area contributed by atoms with Gasteiger partial charge in [-0.2, -0.15) is 0 Å². The highest BCUT2D eigenvalue weighted by atomic mass is 16.5. The standard InChI is InChI=1S/C15H23NO2/c1-4-13-6-5-11(2)16(13)10-12-9-14(18-3)7-8-15(12)17/h7-9,11,13,17H,4-6,10H2,1-3H3. The van der Waals surface area contributed by atoms with Gasteiger partial charge in [0.2, 0.25) is 0 Å². The van der Waals surface area contributed by atoms with Crippen LogP contribution in [0.15, 0.2) is 18.2 Å². The normalized spacial score (nSPS) is 24.4. The van der Waals surface area contributed by atoms with Crippen molar-refractivity contribution in [3.8, 4) is 11.5 Å². The molecule has 0 amide bonds. The number of ether oxygens (including phenoxy) is 1. The van der Waals surface area contributed by atoms with E-state index in [0.717, 1.165) is 17.9 Å². The molecule has 1 saturated heterocycles. The summed E-state index contributed by atoms with van der Waals surface area (Å²) >= 11 is 0. The van der Waals surface area contributed by atoms with Crippen LogP contribution in [0.1, 0.15) is 38.7 Å². The first-order valence-electron chi connectivity index (χ1n) is 6.77. The summed E-state index contributed by atoms with van der Waals surface area (Å²) in [5.41, 5.74) is 0.960. The van der Waals surface area contributed by atoms with Gasteiger partial charge in [0.15, 0.2) is 0 Å². The minimum Gasteiger partial charge on any atom is -0.508 e. The first kappa shape index (κ1) is 13.2. The molecule has 1 aromatic carbocycles. The predicted molar refractivity (Wildman–Crippen MR) is 73.0 cm³/mol. The van der Waals surface area contributed by atoms with Gasteiger partial charge in [-0.1, -0.05) is 6.92 Å². The van der Waals surface area contributed by atoms with Crippen LogP contribution in [0.5, 0.6) is 11.5 Å². The fourth-order valence-corrected chi connectivity index (χ4v) is 2.86. The van der Waals surface area contributed by atoms with E-state index in [1.807, 2.05) is 6.07 Å². The SMILES string of the molecule is CCC1CCC(C)N1Cc1cc(OC)ccc1O. The smallest absolute Gasteiger partial charge is 0.120 e. The van der Waals surface area contributed by atoms with Gasteiger partial charge < -0.3 is 9.84 Å². The number of benzene rings is 1. The molecule has 0 bridgehead atoms. The third-order valence-corrected chi connectivity index (χ3v) is 4.06. The van der Waals surface area contributed by atoms with E-state index in [4.69, 9.17) is 4.74 Å². The van der Waals surface area contributed by atoms with Crippen LogP contribution in [0.3, 0.4) is 0 Å². The Hall–Kier alpha value is -1.22. The molecular formula is C15H23NO2. The highest BCUT2D eigenvalue weighted by Crippen LogP contribution is 2.31. The summed E-state index contributed by atoms with van der Waals surface area (Å²) in [7, 11) is 1.66. The number of phenolic OH excluding ortho intramolecular Hbond substituents is 1. The lowest BCUT2D eigenvalue weighted by Gasteiger charge is -2.28. The first-order valence-corrected chi connectivity index (χ1v) is 6.77. The molecule has 3 heteroatoms. The molecular weight excluding hydrogens is 226 g/mol. The summed E-state index contributed by atoms with van der Waals surface area (Å²) in [5, 5.41) is 9.95. The van der Waals surface area contributed by atoms with E-state index < -0.39 is 0 Å². The quantitative estimate of drug-likeness (QED) is 0.889. The van der Waals surface area contributed by atoms with Crippen molar-refractivity contribution >= 4 is 0 Å². The highest BCUT2D eigenvalue weighted by Gasteiger charge is 2.29. The molecule has 2 atom stereocenters. The van der Waals surface area contributed by atoms with Crippen molar-refractivity contribution in [2.75, 3.05) is 7.11 Å². The summed E-state index contributed by atoms with van der Waals surface area (Å²) in [6.45, 7) is 5.32. The van der Waals surface area contributed by atoms with Crippen LogP contribution in [0.4, 0.5) is 0 Å². The number of phenols is 1. The molecule has 0 aliphatic carbocycles. The van der Waals surface area contributed by atoms with Crippen molar-refractivity contribution in [1.82, 2.24) is 4.90 Å². The van der Waals surface area contributed by atoms with Gasteiger partial charge in [-0.3, -0.25) is 4.90 Å². The van der Waals surface area contributed by atoms with Crippen molar-refractivity contribution in [1.29, 1.82) is 0 Å². The molecule has 3 nitrogen and oxygen atoms in total. The number of hydrogen-bond acceptors (Lipinski definition) is 3. The summed E-state index contributed by atoms with van der Waals surface area (Å²) in [4.78, 5) is 2.49. The molecule has 18 heavy (non-hydrogen) atoms. The second-order valence-electron chi connectivity index (χ2n) is 5.16. The largest absolute Gasteiger partial charge is 0.508 e. The second kappa shape index (κ2) is 5.61. The zero-order valence-electron chi connectivity index (χ0n) is 11.5. The maximum Gasteiger partial charge on any atom is 0.120 e. The zero-order chi connectivity index (χ0) is 13.1. The van der Waals surface area contributed by atoms with Crippen molar-refractivity contribution in [3.05, 3.63) is 23.8 Å². The van der Waals surface area contributed by atoms with Crippen LogP contribution in [0, 0.1) is 0 Å². The Kier molecular flexibility index (Phi) is 4.12. The molecule has 2 rings (SSSR count). The summed E-state index contributed by atoms with van der Waals surface area (Å²) in [5.74, 6) is 1.17. The number of aromatic hydroxyl groups is 1. The lowest BCUT2D eigenvalue weighted by Crippen LogP contribution is -2.33. The van der Waals surface area contributed by atoms with Gasteiger partial charge in [0.1, 0.15) is 11.5 Å². The Morgan fingerprint density at radius 1 is 1.39 bits per heavy atom. The van der Waals surface area contributed by atoms with Crippen LogP contribution in [0.2, 0.25) is 0 Å². The van der Waals surface area contributed by atoms with Gasteiger partial charge in [-0.25, -0.2) is 0 Å². The van der Waals surface area contributed by atoms with E-state index >= 15 is 0 Å². The molecule has 1 fully saturated rings. The fourth-order valence-electron chi connectivity index (χ4n) is 2.86. The summed E-state index contributed by atoms with van der Waals surface area (Å²) < 4.78 is 5.22. The average molecular weight is 249 g/mol. The highest BCUT2D eigenvalue weighted by molar-refractivity contribution is 5.39. The van der Waals surface area contributed by atoms with Crippen LogP contribution < -0.4 is 4.74 Å². The summed E-state index contributed by atoms with van der Waals surface area (Å²) in [6.07, 6.45) is 3.70. The molecule has 0 radical (unpaired) electrons. The van der Waals surface area contributed by atoms with Crippen LogP contribution in [-0.4, -0.2) is 29.2 Å². The molecule has 0 saturated carbocycles. The minimum atomic E-state index is 0.366. The summed E-state index contributed by atoms with van der Waals surface area (Å²) in [6, 6.07) is 6.69. The van der Waals surface area contributed by atoms with Gasteiger partial charge in [0, 0.05) is 24.2 Å². The fraction of sp³-hybridized carbons (Fsp3) is 0.600. The number of methoxy groups -OCH3 is 1. The third kappa shape index (κ3) is 2.61. The monoisotopic (exact) mass is 249 g/mol. The molecule has 1 aliphatic heterocycles. The first-order chi connectivity index (χ1) is 8.65. The molecule has 1 N–H and O–H groups in total. The van der Waals surface area contributed by atoms with Gasteiger partial charge >= 0.3 is 0 Å². The Morgan fingerprint density at radius 3 is 2.83 bits per heavy atom. The lowest BCUT2D eigenvalue weighted by atomic mass is 10.1. The Bertz CT molecular complexity index is 405. The zero-order valence-corrected chi connectivity index (χ0v) is 11.5. The van der Waals surface area contributed by atoms with E-state index in [-0.39, 0.29) is 0 Å². The minimum absolute atomic E-state index is 0.366. The van der Waals surface area contributed by atoms with Gasteiger partial charge in [0.25, 0.3) is 0 Å². The number of hydrogen-bond donors (Lipinski definition) is 1. The van der Waals surface area contributed by atoms with Crippen LogP contribution in [0.25, 0.3) is 0 Å². The molecule has 1 aromatic rings. The predicted octanol–water partition coefficient (Wildman–Crippen LogP) is 3.16. The number of rotatable bonds is 4. The maximum absolute atomic E-state index is 9.95. The molecule has 0 spiro atoms. The van der Waals surface area contributed by atoms with Crippen molar-refractivity contribution < 1.29 is 9.84 Å². The van der Waals surface area contributed by atoms with Crippen LogP contribution in [-0.2, 0) is 6.54 Å². The third-order valence-electron chi connectivity index (χ3n) is 4.06. The molecule has 1 aliphatic rings. The lowest BCUT2D eigenvalue weighted by molar-refractivity contribution is 0.187. The number of likely N-dealkylation sites (tertiary alicyclic amines) is 1. The second-order valence-corrected chi connectivity index (χ2v) is 5.16. The van der Waals surface area contributed by atoms with E-state index in [1.54, 1.807) is 19.2 Å². The van der Waals surface area contributed by atoms with Gasteiger partial charge in [0.05, 0.1) is 7.11 Å². The van der Waals surface area contributed by atoms with Crippen LogP contribution >= 0.6 is 0 Å². The van der Waals surface area contributed by atoms with E-state index in [9.17, 15) is 5.11 Å². The van der Waals surface area contributed by atoms with Crippen molar-refractivity contribution in [2.45, 2.75) is 51.7 Å². The Balaban J connectivity index is 2.17. The van der Waals surface area contributed by atoms with Crippen molar-refractivity contribution in [3.63, 3.8) is 0 Å². The molecule has 0 aromatic heterocycles. The van der Waals surface area contributed by atoms with Gasteiger partial charge in [-0.05, 0) is 44.4 Å². The maximum atomic E-state index is 9.95. The number of nitrogens with zero attached hydrogens (tertiary/aromatic N) is 1. The topological polar surface area (TPSA) is 32.7 Å². The van der Waals surface area contributed by atoms with Crippen molar-refractivity contribution in [2.24, 2.45) is 0 Å². The van der Waals surface area contributed by atoms with E-state index in [2.05, 4.69) is 18.7 Å². The van der Waals surface area contributed by atoms with E-state index in [1.165, 1.54) is 19.3 Å². The Morgan fingerprint density at radius 2 is 2.17 bits per heavy atom. The Labute approximate surface area is 109 Å². The average Bonchev–Trinajstić information content (AvgIpc) is 2.73. The van der Waals surface area contributed by atoms with E-state index in [0.29, 0.717) is 17.8 Å². The molecule has 2 unspecified atom stereocenters. The molecule has 1 heterocycles. The van der Waals surface area contributed by atoms with Gasteiger partial charge in [-0.15, -0.1) is 0 Å².